The number of benzene rings is 2. The second kappa shape index (κ2) is 6.53. The van der Waals surface area contributed by atoms with Gasteiger partial charge in [-0.2, -0.15) is 0 Å². The predicted octanol–water partition coefficient (Wildman–Crippen LogP) is 2.25. The summed E-state index contributed by atoms with van der Waals surface area (Å²) in [6, 6.07) is 12.5. The number of carbonyl (C=O) groups excluding carboxylic acids is 1. The highest BCUT2D eigenvalue weighted by molar-refractivity contribution is 7.92. The lowest BCUT2D eigenvalue weighted by Gasteiger charge is -2.35. The first-order valence-corrected chi connectivity index (χ1v) is 9.65. The topological polar surface area (TPSA) is 63.7 Å². The van der Waals surface area contributed by atoms with E-state index in [4.69, 9.17) is 4.74 Å². The highest BCUT2D eigenvalue weighted by atomic mass is 32.2. The first-order chi connectivity index (χ1) is 11.3. The van der Waals surface area contributed by atoms with Crippen molar-refractivity contribution in [1.29, 1.82) is 0 Å². The van der Waals surface area contributed by atoms with E-state index in [1.54, 1.807) is 23.1 Å². The lowest BCUT2D eigenvalue weighted by Crippen LogP contribution is -2.49. The molecule has 5 nitrogen and oxygen atoms in total. The summed E-state index contributed by atoms with van der Waals surface area (Å²) in [6.45, 7) is 4.62. The predicted molar refractivity (Wildman–Crippen MR) is 92.6 cm³/mol. The van der Waals surface area contributed by atoms with Crippen molar-refractivity contribution in [3.05, 3.63) is 42.5 Å². The van der Waals surface area contributed by atoms with Crippen LogP contribution < -0.4 is 0 Å². The number of ether oxygens (including phenoxy) is 1. The van der Waals surface area contributed by atoms with Crippen LogP contribution in [0.25, 0.3) is 10.8 Å². The fourth-order valence-electron chi connectivity index (χ4n) is 3.08. The Balaban J connectivity index is 1.80. The van der Waals surface area contributed by atoms with Gasteiger partial charge in [-0.25, -0.2) is 8.42 Å². The third-order valence-corrected chi connectivity index (χ3v) is 5.77. The number of rotatable bonds is 3. The zero-order valence-electron chi connectivity index (χ0n) is 13.8. The van der Waals surface area contributed by atoms with Gasteiger partial charge in [-0.1, -0.05) is 30.3 Å². The van der Waals surface area contributed by atoms with Crippen molar-refractivity contribution in [2.24, 2.45) is 0 Å². The standard InChI is InChI=1S/C18H21NO4S/c1-13-10-19(11-14(2)23-13)18(20)12-24(21,22)17-8-7-15-5-3-4-6-16(15)9-17/h3-9,13-14H,10-12H2,1-2H3. The molecule has 128 valence electrons. The monoisotopic (exact) mass is 347 g/mol. The number of nitrogens with zero attached hydrogens (tertiary/aromatic N) is 1. The van der Waals surface area contributed by atoms with Crippen LogP contribution in [0.4, 0.5) is 0 Å². The van der Waals surface area contributed by atoms with Gasteiger partial charge in [0.25, 0.3) is 0 Å². The molecule has 0 bridgehead atoms. The number of hydrogen-bond donors (Lipinski definition) is 0. The first-order valence-electron chi connectivity index (χ1n) is 8.00. The molecule has 1 heterocycles. The zero-order valence-corrected chi connectivity index (χ0v) is 14.6. The van der Waals surface area contributed by atoms with Crippen molar-refractivity contribution < 1.29 is 17.9 Å². The summed E-state index contributed by atoms with van der Waals surface area (Å²) in [7, 11) is -3.67. The second-order valence-electron chi connectivity index (χ2n) is 6.32. The van der Waals surface area contributed by atoms with Gasteiger partial charge >= 0.3 is 0 Å². The first kappa shape index (κ1) is 16.9. The van der Waals surface area contributed by atoms with Crippen LogP contribution in [0, 0.1) is 0 Å². The number of morpholine rings is 1. The summed E-state index contributed by atoms with van der Waals surface area (Å²) in [5, 5.41) is 1.82. The van der Waals surface area contributed by atoms with Crippen molar-refractivity contribution in [2.45, 2.75) is 31.0 Å². The molecule has 0 radical (unpaired) electrons. The molecule has 3 rings (SSSR count). The van der Waals surface area contributed by atoms with Gasteiger partial charge in [0, 0.05) is 13.1 Å². The molecule has 1 fully saturated rings. The number of hydrogen-bond acceptors (Lipinski definition) is 4. The average molecular weight is 347 g/mol. The molecule has 2 atom stereocenters. The lowest BCUT2D eigenvalue weighted by molar-refractivity contribution is -0.140. The molecule has 1 aliphatic rings. The highest BCUT2D eigenvalue weighted by Gasteiger charge is 2.29. The maximum atomic E-state index is 12.6. The molecule has 24 heavy (non-hydrogen) atoms. The van der Waals surface area contributed by atoms with Crippen LogP contribution in [-0.2, 0) is 19.4 Å². The van der Waals surface area contributed by atoms with Gasteiger partial charge in [-0.05, 0) is 36.8 Å². The van der Waals surface area contributed by atoms with Crippen molar-refractivity contribution in [3.63, 3.8) is 0 Å². The maximum Gasteiger partial charge on any atom is 0.238 e. The van der Waals surface area contributed by atoms with Gasteiger partial charge in [0.05, 0.1) is 17.1 Å². The minimum absolute atomic E-state index is 0.0823. The van der Waals surface area contributed by atoms with Gasteiger partial charge in [-0.15, -0.1) is 0 Å². The highest BCUT2D eigenvalue weighted by Crippen LogP contribution is 2.20. The van der Waals surface area contributed by atoms with Crippen LogP contribution in [0.5, 0.6) is 0 Å². The van der Waals surface area contributed by atoms with E-state index in [0.29, 0.717) is 13.1 Å². The second-order valence-corrected chi connectivity index (χ2v) is 8.31. The lowest BCUT2D eigenvalue weighted by atomic mass is 10.1. The third kappa shape index (κ3) is 3.60. The number of sulfone groups is 1. The Morgan fingerprint density at radius 2 is 1.71 bits per heavy atom. The van der Waals surface area contributed by atoms with E-state index >= 15 is 0 Å². The van der Waals surface area contributed by atoms with Crippen LogP contribution in [0.15, 0.2) is 47.4 Å². The zero-order chi connectivity index (χ0) is 17.3. The van der Waals surface area contributed by atoms with Gasteiger partial charge in [0.2, 0.25) is 5.91 Å². The fraction of sp³-hybridized carbons (Fsp3) is 0.389. The maximum absolute atomic E-state index is 12.6. The molecular weight excluding hydrogens is 326 g/mol. The molecule has 2 aromatic rings. The van der Waals surface area contributed by atoms with E-state index in [-0.39, 0.29) is 23.0 Å². The number of amides is 1. The summed E-state index contributed by atoms with van der Waals surface area (Å²) in [5.74, 6) is -0.879. The molecule has 0 N–H and O–H groups in total. The largest absolute Gasteiger partial charge is 0.372 e. The summed E-state index contributed by atoms with van der Waals surface area (Å²) in [6.07, 6.45) is -0.165. The van der Waals surface area contributed by atoms with E-state index in [0.717, 1.165) is 10.8 Å². The molecule has 2 aromatic carbocycles. The summed E-state index contributed by atoms with van der Waals surface area (Å²) < 4.78 is 30.8. The molecule has 0 spiro atoms. The van der Waals surface area contributed by atoms with E-state index in [2.05, 4.69) is 0 Å². The normalized spacial score (nSPS) is 21.8. The quantitative estimate of drug-likeness (QED) is 0.854. The van der Waals surface area contributed by atoms with Gasteiger partial charge in [0.1, 0.15) is 5.75 Å². The Morgan fingerprint density at radius 1 is 1.08 bits per heavy atom. The van der Waals surface area contributed by atoms with E-state index in [1.165, 1.54) is 0 Å². The summed E-state index contributed by atoms with van der Waals surface area (Å²) >= 11 is 0. The van der Waals surface area contributed by atoms with Crippen molar-refractivity contribution in [1.82, 2.24) is 4.90 Å². The van der Waals surface area contributed by atoms with Crippen LogP contribution >= 0.6 is 0 Å². The van der Waals surface area contributed by atoms with E-state index < -0.39 is 15.6 Å². The molecule has 0 aliphatic carbocycles. The van der Waals surface area contributed by atoms with Crippen molar-refractivity contribution in [2.75, 3.05) is 18.8 Å². The van der Waals surface area contributed by atoms with Gasteiger partial charge < -0.3 is 9.64 Å². The van der Waals surface area contributed by atoms with Crippen LogP contribution in [0.3, 0.4) is 0 Å². The van der Waals surface area contributed by atoms with Crippen molar-refractivity contribution in [3.8, 4) is 0 Å². The summed E-state index contributed by atoms with van der Waals surface area (Å²) in [4.78, 5) is 14.2. The minimum Gasteiger partial charge on any atom is -0.372 e. The molecule has 2 unspecified atom stereocenters. The Hall–Kier alpha value is -1.92. The van der Waals surface area contributed by atoms with Crippen LogP contribution in [0.1, 0.15) is 13.8 Å². The molecule has 6 heteroatoms. The van der Waals surface area contributed by atoms with Gasteiger partial charge in [0.15, 0.2) is 9.84 Å². The minimum atomic E-state index is -3.67. The Labute approximate surface area is 142 Å². The molecule has 1 aliphatic heterocycles. The van der Waals surface area contributed by atoms with Gasteiger partial charge in [-0.3, -0.25) is 4.79 Å². The van der Waals surface area contributed by atoms with Crippen LogP contribution in [-0.4, -0.2) is 50.3 Å². The average Bonchev–Trinajstić information content (AvgIpc) is 2.53. The SMILES string of the molecule is CC1CN(C(=O)CS(=O)(=O)c2ccc3ccccc3c2)CC(C)O1. The summed E-state index contributed by atoms with van der Waals surface area (Å²) in [5.41, 5.74) is 0. The molecule has 1 saturated heterocycles. The smallest absolute Gasteiger partial charge is 0.238 e. The Kier molecular flexibility index (Phi) is 4.60. The third-order valence-electron chi connectivity index (χ3n) is 4.17. The fourth-order valence-corrected chi connectivity index (χ4v) is 4.34. The molecule has 0 saturated carbocycles. The molecule has 1 amide bonds. The molecular formula is C18H21NO4S. The molecule has 0 aromatic heterocycles. The number of carbonyl (C=O) groups is 1. The number of fused-ring (bicyclic) bond motifs is 1. The van der Waals surface area contributed by atoms with E-state index in [9.17, 15) is 13.2 Å². The Morgan fingerprint density at radius 3 is 2.38 bits per heavy atom. The van der Waals surface area contributed by atoms with E-state index in [1.807, 2.05) is 38.1 Å². The van der Waals surface area contributed by atoms with Crippen LogP contribution in [0.2, 0.25) is 0 Å². The Bertz CT molecular complexity index is 852. The van der Waals surface area contributed by atoms with Crippen molar-refractivity contribution >= 4 is 26.5 Å².